The van der Waals surface area contributed by atoms with Gasteiger partial charge in [-0.1, -0.05) is 73.3 Å². The van der Waals surface area contributed by atoms with Crippen LogP contribution in [-0.2, 0) is 0 Å². The molecule has 6 nitrogen and oxygen atoms in total. The van der Waals surface area contributed by atoms with Crippen LogP contribution in [-0.4, -0.2) is 18.8 Å². The summed E-state index contributed by atoms with van der Waals surface area (Å²) in [5.41, 5.74) is 5.95. The lowest BCUT2D eigenvalue weighted by Crippen LogP contribution is -2.17. The molecule has 0 bridgehead atoms. The average Bonchev–Trinajstić information content (AvgIpc) is 3.60. The van der Waals surface area contributed by atoms with Crippen molar-refractivity contribution >= 4 is 84.4 Å². The summed E-state index contributed by atoms with van der Waals surface area (Å²) in [5, 5.41) is 5.57. The van der Waals surface area contributed by atoms with Gasteiger partial charge in [-0.2, -0.15) is 0 Å². The minimum atomic E-state index is -0.112. The van der Waals surface area contributed by atoms with E-state index >= 15 is 0 Å². The summed E-state index contributed by atoms with van der Waals surface area (Å²) < 4.78 is 3.41. The van der Waals surface area contributed by atoms with Gasteiger partial charge in [-0.15, -0.1) is 0 Å². The van der Waals surface area contributed by atoms with E-state index in [4.69, 9.17) is 9.97 Å². The fourth-order valence-corrected chi connectivity index (χ4v) is 6.54. The third-order valence-corrected chi connectivity index (χ3v) is 8.39. The first-order chi connectivity index (χ1) is 20.6. The number of aromatic nitrogens is 4. The van der Waals surface area contributed by atoms with E-state index in [0.717, 1.165) is 60.0 Å². The molecule has 0 N–H and O–H groups in total. The van der Waals surface area contributed by atoms with Gasteiger partial charge in [0, 0.05) is 32.5 Å². The summed E-state index contributed by atoms with van der Waals surface area (Å²) in [4.78, 5) is 37.1. The molecule has 0 saturated carbocycles. The zero-order chi connectivity index (χ0) is 28.1. The molecule has 42 heavy (non-hydrogen) atoms. The number of para-hydroxylation sites is 4. The molecule has 0 atom stereocenters. The zero-order valence-electron chi connectivity index (χ0n) is 22.2. The van der Waals surface area contributed by atoms with E-state index in [9.17, 15) is 9.59 Å². The number of fused-ring (bicyclic) bond motifs is 8. The smallest absolute Gasteiger partial charge is 0.264 e. The molecule has 0 aliphatic rings. The van der Waals surface area contributed by atoms with Crippen molar-refractivity contribution in [3.8, 4) is 0 Å². The van der Waals surface area contributed by atoms with Crippen molar-refractivity contribution in [2.75, 3.05) is 0 Å². The summed E-state index contributed by atoms with van der Waals surface area (Å²) in [6.45, 7) is 4.25. The lowest BCUT2D eigenvalue weighted by atomic mass is 9.97. The van der Waals surface area contributed by atoms with Crippen molar-refractivity contribution in [3.63, 3.8) is 0 Å². The van der Waals surface area contributed by atoms with Crippen LogP contribution in [0.15, 0.2) is 107 Å². The lowest BCUT2D eigenvalue weighted by molar-refractivity contribution is 1.17. The van der Waals surface area contributed by atoms with Crippen molar-refractivity contribution in [3.05, 3.63) is 134 Å². The molecule has 0 aliphatic carbocycles. The second-order valence-electron chi connectivity index (χ2n) is 10.6. The molecule has 4 aromatic heterocycles. The molecular formula is C36H20N4O2. The molecule has 0 fully saturated rings. The highest BCUT2D eigenvalue weighted by Gasteiger charge is 2.18. The fourth-order valence-electron chi connectivity index (χ4n) is 6.54. The Hall–Kier alpha value is -5.88. The van der Waals surface area contributed by atoms with Crippen LogP contribution in [0.3, 0.4) is 0 Å². The van der Waals surface area contributed by atoms with E-state index in [0.29, 0.717) is 22.1 Å². The first kappa shape index (κ1) is 22.9. The van der Waals surface area contributed by atoms with Crippen LogP contribution in [0.5, 0.6) is 0 Å². The number of hydrogen-bond donors (Lipinski definition) is 0. The number of nitrogens with zero attached hydrogens (tertiary/aromatic N) is 4. The van der Waals surface area contributed by atoms with Crippen LogP contribution in [0, 0.1) is 0 Å². The Morgan fingerprint density at radius 2 is 1.14 bits per heavy atom. The Balaban J connectivity index is 1.36. The van der Waals surface area contributed by atoms with E-state index in [-0.39, 0.29) is 11.1 Å². The normalized spacial score (nSPS) is 12.5. The molecule has 0 saturated heterocycles. The highest BCUT2D eigenvalue weighted by atomic mass is 16.1. The maximum atomic E-state index is 13.8. The van der Waals surface area contributed by atoms with Crippen LogP contribution in [0.4, 0.5) is 0 Å². The van der Waals surface area contributed by atoms with Gasteiger partial charge in [0.15, 0.2) is 0 Å². The highest BCUT2D eigenvalue weighted by molar-refractivity contribution is 6.17. The van der Waals surface area contributed by atoms with Crippen molar-refractivity contribution < 1.29 is 0 Å². The van der Waals surface area contributed by atoms with Crippen molar-refractivity contribution in [1.29, 1.82) is 0 Å². The summed E-state index contributed by atoms with van der Waals surface area (Å²) >= 11 is 0. The minimum absolute atomic E-state index is 0.0811. The first-order valence-electron chi connectivity index (χ1n) is 13.7. The second-order valence-corrected chi connectivity index (χ2v) is 10.6. The van der Waals surface area contributed by atoms with Crippen molar-refractivity contribution in [2.45, 2.75) is 0 Å². The molecule has 9 rings (SSSR count). The third kappa shape index (κ3) is 2.87. The number of rotatable bonds is 2. The quantitative estimate of drug-likeness (QED) is 0.262. The van der Waals surface area contributed by atoms with Gasteiger partial charge in [0.05, 0.1) is 22.1 Å². The predicted molar refractivity (Wildman–Crippen MR) is 171 cm³/mol. The lowest BCUT2D eigenvalue weighted by Gasteiger charge is -2.10. The number of hydrogen-bond acceptors (Lipinski definition) is 4. The molecule has 5 aromatic carbocycles. The monoisotopic (exact) mass is 540 g/mol. The number of imidazole rings is 2. The predicted octanol–water partition coefficient (Wildman–Crippen LogP) is 6.21. The van der Waals surface area contributed by atoms with Crippen molar-refractivity contribution in [1.82, 2.24) is 18.8 Å². The van der Waals surface area contributed by atoms with Gasteiger partial charge < -0.3 is 0 Å². The summed E-state index contributed by atoms with van der Waals surface area (Å²) in [7, 11) is 0. The Bertz CT molecular complexity index is 2810. The Morgan fingerprint density at radius 1 is 0.548 bits per heavy atom. The fraction of sp³-hybridized carbons (Fsp3) is 0. The van der Waals surface area contributed by atoms with Crippen LogP contribution in [0.2, 0.25) is 0 Å². The van der Waals surface area contributed by atoms with Crippen LogP contribution >= 0.6 is 0 Å². The topological polar surface area (TPSA) is 68.7 Å². The molecule has 0 spiro atoms. The SMILES string of the molecule is C=c1cccc2c(=O)n3c(nc4ccccc43)c(/C=C\c3ccc4c(=O)n5c6ccccc6nc5c5cccc3c45)c12. The molecule has 4 heterocycles. The summed E-state index contributed by atoms with van der Waals surface area (Å²) in [6, 6.07) is 31.0. The first-order valence-corrected chi connectivity index (χ1v) is 13.7. The van der Waals surface area contributed by atoms with Gasteiger partial charge in [0.2, 0.25) is 0 Å². The Morgan fingerprint density at radius 3 is 1.90 bits per heavy atom. The number of benzene rings is 5. The summed E-state index contributed by atoms with van der Waals surface area (Å²) in [6.07, 6.45) is 4.05. The van der Waals surface area contributed by atoms with Crippen LogP contribution in [0.25, 0.3) is 84.4 Å². The molecule has 9 aromatic rings. The average molecular weight is 541 g/mol. The van der Waals surface area contributed by atoms with E-state index in [1.807, 2.05) is 109 Å². The van der Waals surface area contributed by atoms with E-state index in [1.165, 1.54) is 0 Å². The van der Waals surface area contributed by atoms with E-state index < -0.39 is 0 Å². The molecule has 6 heteroatoms. The molecular weight excluding hydrogens is 520 g/mol. The molecule has 196 valence electrons. The van der Waals surface area contributed by atoms with Crippen LogP contribution in [0.1, 0.15) is 11.1 Å². The van der Waals surface area contributed by atoms with Gasteiger partial charge in [0.1, 0.15) is 11.3 Å². The van der Waals surface area contributed by atoms with E-state index in [2.05, 4.69) is 6.58 Å². The van der Waals surface area contributed by atoms with Gasteiger partial charge in [-0.3, -0.25) is 18.4 Å². The van der Waals surface area contributed by atoms with E-state index in [1.54, 1.807) is 8.80 Å². The standard InChI is InChI=1S/C36H20N4O2/c1-20-8-6-11-25-31(20)24(34-38-28-13-3-5-15-30(28)40(34)35(25)41)18-16-21-17-19-26-32-22(21)9-7-10-23(32)33-37-27-12-2-4-14-29(27)39(33)36(26)42/h2-19H,1H2/b18-16-. The highest BCUT2D eigenvalue weighted by Crippen LogP contribution is 2.33. The largest absolute Gasteiger partial charge is 0.268 e. The van der Waals surface area contributed by atoms with Crippen molar-refractivity contribution in [2.24, 2.45) is 0 Å². The molecule has 0 amide bonds. The third-order valence-electron chi connectivity index (χ3n) is 8.39. The summed E-state index contributed by atoms with van der Waals surface area (Å²) in [5.74, 6) is 0. The van der Waals surface area contributed by atoms with Gasteiger partial charge >= 0.3 is 0 Å². The second kappa shape index (κ2) is 8.08. The molecule has 0 aliphatic heterocycles. The maximum Gasteiger partial charge on any atom is 0.264 e. The van der Waals surface area contributed by atoms with Crippen LogP contribution < -0.4 is 16.3 Å². The Labute approximate surface area is 237 Å². The minimum Gasteiger partial charge on any atom is -0.268 e. The molecule has 0 radical (unpaired) electrons. The maximum absolute atomic E-state index is 13.8. The van der Waals surface area contributed by atoms with Gasteiger partial charge in [0.25, 0.3) is 11.1 Å². The molecule has 0 unspecified atom stereocenters. The number of pyridine rings is 2. The zero-order valence-corrected chi connectivity index (χ0v) is 22.2. The van der Waals surface area contributed by atoms with Gasteiger partial charge in [-0.25, -0.2) is 9.97 Å². The Kier molecular flexibility index (Phi) is 4.40. The van der Waals surface area contributed by atoms with Gasteiger partial charge in [-0.05, 0) is 58.6 Å².